The molecule has 1 aliphatic rings. The molecule has 2 N–H and O–H groups in total. The Morgan fingerprint density at radius 1 is 1.23 bits per heavy atom. The van der Waals surface area contributed by atoms with E-state index in [1.165, 1.54) is 13.2 Å². The van der Waals surface area contributed by atoms with E-state index in [-0.39, 0.29) is 15.7 Å². The molecule has 7 heteroatoms. The van der Waals surface area contributed by atoms with Gasteiger partial charge < -0.3 is 15.2 Å². The first-order chi connectivity index (χ1) is 12.4. The maximum Gasteiger partial charge on any atom is 0.404 e. The van der Waals surface area contributed by atoms with Gasteiger partial charge in [0.15, 0.2) is 0 Å². The van der Waals surface area contributed by atoms with Crippen LogP contribution in [0.4, 0.5) is 4.79 Å². The van der Waals surface area contributed by atoms with E-state index in [0.29, 0.717) is 12.3 Å². The number of sulfone groups is 1. The number of carboxylic acid groups (broad SMARTS) is 1. The minimum absolute atomic E-state index is 0.0726. The number of rotatable bonds is 5. The number of nitrogens with one attached hydrogen (secondary N) is 1. The Morgan fingerprint density at radius 2 is 2.00 bits per heavy atom. The summed E-state index contributed by atoms with van der Waals surface area (Å²) in [7, 11) is -2.14. The summed E-state index contributed by atoms with van der Waals surface area (Å²) >= 11 is 0. The summed E-state index contributed by atoms with van der Waals surface area (Å²) in [6.07, 6.45) is 1.53. The minimum Gasteiger partial charge on any atom is -0.497 e. The highest BCUT2D eigenvalue weighted by Gasteiger charge is 2.24. The molecule has 0 spiro atoms. The average molecular weight is 375 g/mol. The van der Waals surface area contributed by atoms with Crippen LogP contribution in [-0.2, 0) is 16.3 Å². The van der Waals surface area contributed by atoms with Gasteiger partial charge in [-0.2, -0.15) is 0 Å². The number of aryl methyl sites for hydroxylation is 1. The predicted molar refractivity (Wildman–Crippen MR) is 96.6 cm³/mol. The van der Waals surface area contributed by atoms with Crippen LogP contribution in [0.3, 0.4) is 0 Å². The number of hydrogen-bond donors (Lipinski definition) is 2. The summed E-state index contributed by atoms with van der Waals surface area (Å²) in [5, 5.41) is 11.2. The fraction of sp³-hybridized carbons (Fsp3) is 0.316. The quantitative estimate of drug-likeness (QED) is 0.837. The van der Waals surface area contributed by atoms with Gasteiger partial charge in [0.05, 0.1) is 16.9 Å². The van der Waals surface area contributed by atoms with Crippen molar-refractivity contribution in [1.29, 1.82) is 0 Å². The van der Waals surface area contributed by atoms with E-state index in [4.69, 9.17) is 9.84 Å². The van der Waals surface area contributed by atoms with Gasteiger partial charge in [-0.15, -0.1) is 0 Å². The average Bonchev–Trinajstić information content (AvgIpc) is 2.65. The summed E-state index contributed by atoms with van der Waals surface area (Å²) in [5.74, 6) is 0.562. The summed E-state index contributed by atoms with van der Waals surface area (Å²) in [4.78, 5) is 11.2. The lowest BCUT2D eigenvalue weighted by molar-refractivity contribution is 0.193. The first-order valence-corrected chi connectivity index (χ1v) is 9.89. The third kappa shape index (κ3) is 3.67. The van der Waals surface area contributed by atoms with Gasteiger partial charge in [-0.25, -0.2) is 13.2 Å². The highest BCUT2D eigenvalue weighted by molar-refractivity contribution is 7.91. The Morgan fingerprint density at radius 3 is 2.73 bits per heavy atom. The Bertz CT molecular complexity index is 923. The van der Waals surface area contributed by atoms with Crippen LogP contribution in [0.15, 0.2) is 52.3 Å². The van der Waals surface area contributed by atoms with Crippen molar-refractivity contribution in [3.63, 3.8) is 0 Å². The molecule has 0 fully saturated rings. The molecule has 0 heterocycles. The van der Waals surface area contributed by atoms with Gasteiger partial charge in [-0.05, 0) is 60.7 Å². The molecule has 2 aromatic rings. The Labute approximate surface area is 152 Å². The lowest BCUT2D eigenvalue weighted by Gasteiger charge is -2.26. The molecule has 3 rings (SSSR count). The zero-order valence-electron chi connectivity index (χ0n) is 14.4. The molecule has 0 saturated heterocycles. The number of ether oxygens (including phenoxy) is 1. The third-order valence-corrected chi connectivity index (χ3v) is 6.46. The van der Waals surface area contributed by atoms with E-state index >= 15 is 0 Å². The van der Waals surface area contributed by atoms with Crippen molar-refractivity contribution < 1.29 is 23.1 Å². The second-order valence-corrected chi connectivity index (χ2v) is 8.27. The number of carbonyl (C=O) groups is 1. The maximum absolute atomic E-state index is 12.9. The number of fused-ring (bicyclic) bond motifs is 1. The smallest absolute Gasteiger partial charge is 0.404 e. The standard InChI is InChI=1S/C19H21NO5S/c1-25-15-6-3-7-16(11-15)26(23,24)17-8-9-18-13(10-17)4-2-5-14(18)12-20-19(21)22/h3,6-11,14,20H,2,4-5,12H2,1H3,(H,21,22)/t14-/m0/s1. The number of benzene rings is 2. The number of amides is 1. The molecular formula is C19H21NO5S. The molecule has 26 heavy (non-hydrogen) atoms. The summed E-state index contributed by atoms with van der Waals surface area (Å²) < 4.78 is 31.0. The van der Waals surface area contributed by atoms with Crippen LogP contribution in [0.2, 0.25) is 0 Å². The SMILES string of the molecule is COc1cccc(S(=O)(=O)c2ccc3c(c2)CCC[C@H]3CNC(=O)O)c1. The Balaban J connectivity index is 1.93. The van der Waals surface area contributed by atoms with E-state index in [1.807, 2.05) is 6.07 Å². The van der Waals surface area contributed by atoms with Crippen LogP contribution in [-0.4, -0.2) is 33.3 Å². The van der Waals surface area contributed by atoms with Crippen molar-refractivity contribution in [1.82, 2.24) is 5.32 Å². The van der Waals surface area contributed by atoms with Crippen molar-refractivity contribution >= 4 is 15.9 Å². The molecule has 1 aliphatic carbocycles. The molecule has 0 unspecified atom stereocenters. The fourth-order valence-corrected chi connectivity index (χ4v) is 4.73. The highest BCUT2D eigenvalue weighted by Crippen LogP contribution is 2.34. The van der Waals surface area contributed by atoms with Crippen molar-refractivity contribution in [2.75, 3.05) is 13.7 Å². The monoisotopic (exact) mass is 375 g/mol. The van der Waals surface area contributed by atoms with Gasteiger partial charge in [0.25, 0.3) is 0 Å². The van der Waals surface area contributed by atoms with Crippen molar-refractivity contribution in [3.05, 3.63) is 53.6 Å². The normalized spacial score (nSPS) is 16.6. The Hall–Kier alpha value is -2.54. The minimum atomic E-state index is -3.64. The molecule has 0 aliphatic heterocycles. The first-order valence-electron chi connectivity index (χ1n) is 8.40. The first kappa shape index (κ1) is 18.3. The molecular weight excluding hydrogens is 354 g/mol. The lowest BCUT2D eigenvalue weighted by Crippen LogP contribution is -2.28. The van der Waals surface area contributed by atoms with Crippen molar-refractivity contribution in [3.8, 4) is 5.75 Å². The summed E-state index contributed by atoms with van der Waals surface area (Å²) in [6, 6.07) is 11.6. The van der Waals surface area contributed by atoms with E-state index in [9.17, 15) is 13.2 Å². The van der Waals surface area contributed by atoms with Crippen LogP contribution in [0, 0.1) is 0 Å². The summed E-state index contributed by atoms with van der Waals surface area (Å²) in [6.45, 7) is 0.338. The predicted octanol–water partition coefficient (Wildman–Crippen LogP) is 3.22. The number of methoxy groups -OCH3 is 1. The van der Waals surface area contributed by atoms with E-state index in [2.05, 4.69) is 5.32 Å². The second kappa shape index (κ2) is 7.37. The van der Waals surface area contributed by atoms with Crippen molar-refractivity contribution in [2.24, 2.45) is 0 Å². The second-order valence-electron chi connectivity index (χ2n) is 6.32. The molecule has 0 bridgehead atoms. The zero-order chi connectivity index (χ0) is 18.7. The van der Waals surface area contributed by atoms with E-state index in [0.717, 1.165) is 30.4 Å². The van der Waals surface area contributed by atoms with E-state index < -0.39 is 15.9 Å². The topological polar surface area (TPSA) is 92.7 Å². The lowest BCUT2D eigenvalue weighted by atomic mass is 9.83. The largest absolute Gasteiger partial charge is 0.497 e. The van der Waals surface area contributed by atoms with Gasteiger partial charge >= 0.3 is 6.09 Å². The van der Waals surface area contributed by atoms with Crippen molar-refractivity contribution in [2.45, 2.75) is 35.0 Å². The van der Waals surface area contributed by atoms with Crippen LogP contribution in [0.5, 0.6) is 5.75 Å². The highest BCUT2D eigenvalue weighted by atomic mass is 32.2. The van der Waals surface area contributed by atoms with Crippen LogP contribution >= 0.6 is 0 Å². The summed E-state index contributed by atoms with van der Waals surface area (Å²) in [5.41, 5.74) is 1.99. The third-order valence-electron chi connectivity index (χ3n) is 4.71. The van der Waals surface area contributed by atoms with E-state index in [1.54, 1.807) is 30.3 Å². The molecule has 138 valence electrons. The van der Waals surface area contributed by atoms with Crippen LogP contribution in [0.25, 0.3) is 0 Å². The molecule has 0 radical (unpaired) electrons. The van der Waals surface area contributed by atoms with Crippen LogP contribution < -0.4 is 10.1 Å². The Kier molecular flexibility index (Phi) is 5.18. The van der Waals surface area contributed by atoms with Gasteiger partial charge in [0.2, 0.25) is 9.84 Å². The fourth-order valence-electron chi connectivity index (χ4n) is 3.39. The van der Waals surface area contributed by atoms with Gasteiger partial charge in [-0.1, -0.05) is 12.1 Å². The van der Waals surface area contributed by atoms with Crippen LogP contribution in [0.1, 0.15) is 29.9 Å². The molecule has 2 aromatic carbocycles. The number of hydrogen-bond acceptors (Lipinski definition) is 4. The zero-order valence-corrected chi connectivity index (χ0v) is 15.3. The maximum atomic E-state index is 12.9. The molecule has 0 aromatic heterocycles. The van der Waals surface area contributed by atoms with Gasteiger partial charge in [0, 0.05) is 12.5 Å². The molecule has 6 nitrogen and oxygen atoms in total. The molecule has 1 atom stereocenters. The molecule has 1 amide bonds. The molecule has 0 saturated carbocycles. The van der Waals surface area contributed by atoms with Gasteiger partial charge in [-0.3, -0.25) is 0 Å². The van der Waals surface area contributed by atoms with Gasteiger partial charge in [0.1, 0.15) is 5.75 Å².